The summed E-state index contributed by atoms with van der Waals surface area (Å²) in [7, 11) is 1.19. The predicted octanol–water partition coefficient (Wildman–Crippen LogP) is 4.51. The van der Waals surface area contributed by atoms with E-state index < -0.39 is 23.7 Å². The van der Waals surface area contributed by atoms with E-state index >= 15 is 0 Å². The highest BCUT2D eigenvalue weighted by Crippen LogP contribution is 2.38. The molecule has 2 aromatic carbocycles. The Morgan fingerprint density at radius 2 is 1.94 bits per heavy atom. The van der Waals surface area contributed by atoms with E-state index in [0.29, 0.717) is 33.7 Å². The van der Waals surface area contributed by atoms with E-state index in [2.05, 4.69) is 26.7 Å². The van der Waals surface area contributed by atoms with Gasteiger partial charge in [0.25, 0.3) is 11.1 Å². The number of carbonyl (C=O) groups is 3. The Kier molecular flexibility index (Phi) is 8.14. The van der Waals surface area contributed by atoms with Gasteiger partial charge < -0.3 is 14.2 Å². The van der Waals surface area contributed by atoms with Crippen LogP contribution in [-0.4, -0.2) is 42.3 Å². The van der Waals surface area contributed by atoms with Gasteiger partial charge in [0.1, 0.15) is 13.2 Å². The van der Waals surface area contributed by atoms with Crippen molar-refractivity contribution in [2.45, 2.75) is 13.5 Å². The van der Waals surface area contributed by atoms with Crippen LogP contribution in [0.15, 0.2) is 45.8 Å². The maximum Gasteiger partial charge on any atom is 0.325 e. The molecule has 33 heavy (non-hydrogen) atoms. The van der Waals surface area contributed by atoms with Gasteiger partial charge in [-0.05, 0) is 48.5 Å². The van der Waals surface area contributed by atoms with E-state index in [1.165, 1.54) is 7.11 Å². The van der Waals surface area contributed by atoms with Crippen molar-refractivity contribution in [2.75, 3.05) is 20.3 Å². The first-order valence-corrected chi connectivity index (χ1v) is 11.4. The number of halogens is 1. The molecular weight excluding hydrogens is 512 g/mol. The molecule has 1 aliphatic heterocycles. The van der Waals surface area contributed by atoms with Crippen LogP contribution >= 0.6 is 27.7 Å². The van der Waals surface area contributed by atoms with Crippen LogP contribution in [0.2, 0.25) is 0 Å². The second-order valence-corrected chi connectivity index (χ2v) is 8.50. The smallest absolute Gasteiger partial charge is 0.325 e. The van der Waals surface area contributed by atoms with Crippen LogP contribution in [0.3, 0.4) is 0 Å². The minimum Gasteiger partial charge on any atom is -0.490 e. The lowest BCUT2D eigenvalue weighted by molar-refractivity contribution is -0.143. The summed E-state index contributed by atoms with van der Waals surface area (Å²) in [6, 6.07) is 12.7. The summed E-state index contributed by atoms with van der Waals surface area (Å²) in [6.45, 7) is 1.93. The van der Waals surface area contributed by atoms with Crippen molar-refractivity contribution < 1.29 is 28.6 Å². The Morgan fingerprint density at radius 3 is 2.64 bits per heavy atom. The third kappa shape index (κ3) is 5.74. The summed E-state index contributed by atoms with van der Waals surface area (Å²) in [4.78, 5) is 37.2. The van der Waals surface area contributed by atoms with Crippen LogP contribution in [0.5, 0.6) is 11.5 Å². The molecule has 2 amide bonds. The van der Waals surface area contributed by atoms with E-state index in [-0.39, 0.29) is 11.5 Å². The van der Waals surface area contributed by atoms with Crippen molar-refractivity contribution in [2.24, 2.45) is 0 Å². The van der Waals surface area contributed by atoms with Crippen molar-refractivity contribution >= 4 is 50.9 Å². The van der Waals surface area contributed by atoms with Gasteiger partial charge >= 0.3 is 5.97 Å². The lowest BCUT2D eigenvalue weighted by Gasteiger charge is -2.15. The Bertz CT molecular complexity index is 1170. The number of hydrogen-bond donors (Lipinski definition) is 0. The molecule has 1 saturated heterocycles. The molecule has 1 aliphatic rings. The van der Waals surface area contributed by atoms with Crippen LogP contribution in [0.25, 0.3) is 6.08 Å². The zero-order chi connectivity index (χ0) is 24.0. The molecule has 0 aliphatic carbocycles. The highest BCUT2D eigenvalue weighted by Gasteiger charge is 2.36. The molecule has 3 rings (SSSR count). The summed E-state index contributed by atoms with van der Waals surface area (Å²) in [5.41, 5.74) is 1.85. The molecule has 0 bridgehead atoms. The normalized spacial score (nSPS) is 14.4. The van der Waals surface area contributed by atoms with E-state index in [0.717, 1.165) is 22.2 Å². The number of esters is 1. The number of rotatable bonds is 8. The van der Waals surface area contributed by atoms with Gasteiger partial charge in [-0.3, -0.25) is 19.3 Å². The standard InChI is InChI=1S/C23H19BrN2O6S/c1-3-31-18-8-16(9-20-22(28)26(23(29)33-20)12-21(27)30-2)17(24)10-19(18)32-13-15-7-5-4-6-14(15)11-25/h4-10H,3,12-13H2,1-2H3/b20-9+. The van der Waals surface area contributed by atoms with E-state index in [9.17, 15) is 19.6 Å². The molecule has 8 nitrogen and oxygen atoms in total. The first-order valence-electron chi connectivity index (χ1n) is 9.77. The van der Waals surface area contributed by atoms with Crippen molar-refractivity contribution in [3.8, 4) is 17.6 Å². The molecular formula is C23H19BrN2O6S. The molecule has 10 heteroatoms. The van der Waals surface area contributed by atoms with E-state index in [1.54, 1.807) is 30.3 Å². The molecule has 0 N–H and O–H groups in total. The number of hydrogen-bond acceptors (Lipinski definition) is 8. The van der Waals surface area contributed by atoms with Crippen LogP contribution in [0, 0.1) is 11.3 Å². The summed E-state index contributed by atoms with van der Waals surface area (Å²) >= 11 is 4.21. The number of methoxy groups -OCH3 is 1. The van der Waals surface area contributed by atoms with E-state index in [1.807, 2.05) is 19.1 Å². The lowest BCUT2D eigenvalue weighted by atomic mass is 10.1. The van der Waals surface area contributed by atoms with Crippen molar-refractivity contribution in [3.63, 3.8) is 0 Å². The summed E-state index contributed by atoms with van der Waals surface area (Å²) in [6.07, 6.45) is 1.55. The molecule has 0 saturated carbocycles. The van der Waals surface area contributed by atoms with Crippen LogP contribution < -0.4 is 9.47 Å². The maximum atomic E-state index is 12.6. The summed E-state index contributed by atoms with van der Waals surface area (Å²) < 4.78 is 16.8. The van der Waals surface area contributed by atoms with Gasteiger partial charge in [-0.15, -0.1) is 0 Å². The summed E-state index contributed by atoms with van der Waals surface area (Å²) in [5, 5.41) is 8.72. The average molecular weight is 531 g/mol. The number of amides is 2. The molecule has 0 radical (unpaired) electrons. The Morgan fingerprint density at radius 1 is 1.21 bits per heavy atom. The minimum atomic E-state index is -0.683. The molecule has 2 aromatic rings. The molecule has 0 aromatic heterocycles. The second-order valence-electron chi connectivity index (χ2n) is 6.66. The lowest BCUT2D eigenvalue weighted by Crippen LogP contribution is -2.34. The number of benzene rings is 2. The number of imide groups is 1. The fourth-order valence-electron chi connectivity index (χ4n) is 2.92. The number of ether oxygens (including phenoxy) is 3. The largest absolute Gasteiger partial charge is 0.490 e. The van der Waals surface area contributed by atoms with Crippen LogP contribution in [0.4, 0.5) is 4.79 Å². The van der Waals surface area contributed by atoms with Crippen molar-refractivity contribution in [1.29, 1.82) is 5.26 Å². The maximum absolute atomic E-state index is 12.6. The Balaban J connectivity index is 1.86. The molecule has 0 atom stereocenters. The molecule has 170 valence electrons. The zero-order valence-electron chi connectivity index (χ0n) is 17.8. The number of nitrogens with zero attached hydrogens (tertiary/aromatic N) is 2. The van der Waals surface area contributed by atoms with Crippen LogP contribution in [-0.2, 0) is 20.9 Å². The highest BCUT2D eigenvalue weighted by molar-refractivity contribution is 9.10. The molecule has 0 unspecified atom stereocenters. The van der Waals surface area contributed by atoms with Gasteiger partial charge in [0.05, 0.1) is 30.3 Å². The zero-order valence-corrected chi connectivity index (χ0v) is 20.2. The predicted molar refractivity (Wildman–Crippen MR) is 125 cm³/mol. The monoisotopic (exact) mass is 530 g/mol. The topological polar surface area (TPSA) is 106 Å². The highest BCUT2D eigenvalue weighted by atomic mass is 79.9. The quantitative estimate of drug-likeness (QED) is 0.362. The number of thioether (sulfide) groups is 1. The molecule has 0 spiro atoms. The van der Waals surface area contributed by atoms with Gasteiger partial charge in [0.2, 0.25) is 0 Å². The minimum absolute atomic E-state index is 0.169. The van der Waals surface area contributed by atoms with Crippen LogP contribution in [0.1, 0.15) is 23.6 Å². The van der Waals surface area contributed by atoms with Gasteiger partial charge in [0, 0.05) is 10.0 Å². The van der Waals surface area contributed by atoms with Crippen molar-refractivity contribution in [3.05, 3.63) is 62.5 Å². The Hall–Kier alpha value is -3.29. The van der Waals surface area contributed by atoms with Gasteiger partial charge in [-0.1, -0.05) is 34.1 Å². The number of nitriles is 1. The van der Waals surface area contributed by atoms with E-state index in [4.69, 9.17) is 9.47 Å². The van der Waals surface area contributed by atoms with Gasteiger partial charge in [-0.25, -0.2) is 0 Å². The third-order valence-corrected chi connectivity index (χ3v) is 6.15. The first-order chi connectivity index (χ1) is 15.9. The van der Waals surface area contributed by atoms with Crippen molar-refractivity contribution in [1.82, 2.24) is 4.90 Å². The fraction of sp³-hybridized carbons (Fsp3) is 0.217. The summed E-state index contributed by atoms with van der Waals surface area (Å²) in [5.74, 6) is -0.367. The first kappa shape index (κ1) is 24.4. The number of carbonyl (C=O) groups excluding carboxylic acids is 3. The SMILES string of the molecule is CCOc1cc(/C=C2/SC(=O)N(CC(=O)OC)C2=O)c(Br)cc1OCc1ccccc1C#N. The van der Waals surface area contributed by atoms with Gasteiger partial charge in [-0.2, -0.15) is 5.26 Å². The second kappa shape index (κ2) is 11.0. The van der Waals surface area contributed by atoms with Gasteiger partial charge in [0.15, 0.2) is 11.5 Å². The fourth-order valence-corrected chi connectivity index (χ4v) is 4.19. The average Bonchev–Trinajstić information content (AvgIpc) is 3.07. The molecule has 1 fully saturated rings. The molecule has 1 heterocycles. The third-order valence-electron chi connectivity index (χ3n) is 4.56. The Labute approximate surface area is 203 Å².